The van der Waals surface area contributed by atoms with Crippen LogP contribution in [0.25, 0.3) is 17.0 Å². The normalized spacial score (nSPS) is 10.9. The fourth-order valence-corrected chi connectivity index (χ4v) is 1.89. The number of amides is 1. The average molecular weight is 306 g/mol. The molecule has 92 valence electrons. The highest BCUT2D eigenvalue weighted by molar-refractivity contribution is 9.10. The van der Waals surface area contributed by atoms with E-state index >= 15 is 0 Å². The SMILES string of the molecule is C=CCNC(=O)/C=C/c1cc2cc(Br)ccc2o1. The van der Waals surface area contributed by atoms with Crippen LogP contribution in [-0.2, 0) is 4.79 Å². The van der Waals surface area contributed by atoms with Gasteiger partial charge in [-0.15, -0.1) is 6.58 Å². The molecule has 4 heteroatoms. The highest BCUT2D eigenvalue weighted by atomic mass is 79.9. The molecule has 0 radical (unpaired) electrons. The zero-order valence-corrected chi connectivity index (χ0v) is 11.2. The van der Waals surface area contributed by atoms with Gasteiger partial charge in [-0.2, -0.15) is 0 Å². The van der Waals surface area contributed by atoms with Gasteiger partial charge in [-0.05, 0) is 30.3 Å². The molecule has 1 aromatic heterocycles. The van der Waals surface area contributed by atoms with Gasteiger partial charge in [-0.25, -0.2) is 0 Å². The van der Waals surface area contributed by atoms with Crippen molar-refractivity contribution in [1.29, 1.82) is 0 Å². The first-order chi connectivity index (χ1) is 8.69. The number of halogens is 1. The molecule has 2 rings (SSSR count). The lowest BCUT2D eigenvalue weighted by molar-refractivity contribution is -0.116. The summed E-state index contributed by atoms with van der Waals surface area (Å²) in [5, 5.41) is 3.65. The van der Waals surface area contributed by atoms with E-state index in [0.29, 0.717) is 12.3 Å². The van der Waals surface area contributed by atoms with Crippen molar-refractivity contribution in [2.75, 3.05) is 6.54 Å². The highest BCUT2D eigenvalue weighted by Crippen LogP contribution is 2.23. The smallest absolute Gasteiger partial charge is 0.244 e. The third-order valence-corrected chi connectivity index (χ3v) is 2.81. The van der Waals surface area contributed by atoms with Crippen LogP contribution < -0.4 is 5.32 Å². The fourth-order valence-electron chi connectivity index (χ4n) is 1.51. The van der Waals surface area contributed by atoms with Crippen LogP contribution in [0.4, 0.5) is 0 Å². The molecule has 18 heavy (non-hydrogen) atoms. The van der Waals surface area contributed by atoms with Gasteiger partial charge in [0, 0.05) is 22.5 Å². The molecule has 0 bridgehead atoms. The van der Waals surface area contributed by atoms with Crippen molar-refractivity contribution in [3.8, 4) is 0 Å². The van der Waals surface area contributed by atoms with E-state index in [4.69, 9.17) is 4.42 Å². The predicted molar refractivity (Wildman–Crippen MR) is 76.2 cm³/mol. The maximum absolute atomic E-state index is 11.3. The lowest BCUT2D eigenvalue weighted by Crippen LogP contribution is -2.20. The van der Waals surface area contributed by atoms with E-state index in [1.54, 1.807) is 12.2 Å². The molecule has 3 nitrogen and oxygen atoms in total. The molecule has 1 N–H and O–H groups in total. The summed E-state index contributed by atoms with van der Waals surface area (Å²) in [5.41, 5.74) is 0.796. The number of fused-ring (bicyclic) bond motifs is 1. The molecular weight excluding hydrogens is 294 g/mol. The first-order valence-corrected chi connectivity index (χ1v) is 6.24. The Balaban J connectivity index is 2.14. The Kier molecular flexibility index (Phi) is 3.99. The monoisotopic (exact) mass is 305 g/mol. The molecule has 2 aromatic rings. The Morgan fingerprint density at radius 2 is 2.28 bits per heavy atom. The summed E-state index contributed by atoms with van der Waals surface area (Å²) < 4.78 is 6.57. The number of hydrogen-bond donors (Lipinski definition) is 1. The molecule has 1 heterocycles. The number of rotatable bonds is 4. The number of furan rings is 1. The molecule has 1 amide bonds. The number of hydrogen-bond acceptors (Lipinski definition) is 2. The molecule has 0 atom stereocenters. The maximum Gasteiger partial charge on any atom is 0.244 e. The van der Waals surface area contributed by atoms with Gasteiger partial charge in [0.15, 0.2) is 0 Å². The van der Waals surface area contributed by atoms with E-state index in [9.17, 15) is 4.79 Å². The third-order valence-electron chi connectivity index (χ3n) is 2.32. The summed E-state index contributed by atoms with van der Waals surface area (Å²) in [7, 11) is 0. The fraction of sp³-hybridized carbons (Fsp3) is 0.0714. The van der Waals surface area contributed by atoms with Crippen LogP contribution >= 0.6 is 15.9 Å². The second kappa shape index (κ2) is 5.69. The molecule has 0 aliphatic rings. The van der Waals surface area contributed by atoms with Gasteiger partial charge in [0.2, 0.25) is 5.91 Å². The summed E-state index contributed by atoms with van der Waals surface area (Å²) in [6.07, 6.45) is 4.72. The summed E-state index contributed by atoms with van der Waals surface area (Å²) in [4.78, 5) is 11.3. The average Bonchev–Trinajstić information content (AvgIpc) is 2.75. The Bertz CT molecular complexity index is 613. The lowest BCUT2D eigenvalue weighted by Gasteiger charge is -1.93. The molecule has 0 aliphatic carbocycles. The van der Waals surface area contributed by atoms with Crippen LogP contribution in [0.15, 0.2) is 51.9 Å². The van der Waals surface area contributed by atoms with Gasteiger partial charge in [-0.1, -0.05) is 22.0 Å². The maximum atomic E-state index is 11.3. The summed E-state index contributed by atoms with van der Waals surface area (Å²) in [6.45, 7) is 3.98. The van der Waals surface area contributed by atoms with Gasteiger partial charge in [-0.3, -0.25) is 4.79 Å². The topological polar surface area (TPSA) is 42.2 Å². The summed E-state index contributed by atoms with van der Waals surface area (Å²) in [6, 6.07) is 7.65. The predicted octanol–water partition coefficient (Wildman–Crippen LogP) is 3.51. The van der Waals surface area contributed by atoms with Crippen LogP contribution in [0.5, 0.6) is 0 Å². The van der Waals surface area contributed by atoms with E-state index in [1.165, 1.54) is 6.08 Å². The summed E-state index contributed by atoms with van der Waals surface area (Å²) in [5.74, 6) is 0.480. The van der Waals surface area contributed by atoms with Crippen LogP contribution in [0.1, 0.15) is 5.76 Å². The van der Waals surface area contributed by atoms with Crippen molar-refractivity contribution in [1.82, 2.24) is 5.32 Å². The lowest BCUT2D eigenvalue weighted by atomic mass is 10.2. The zero-order valence-electron chi connectivity index (χ0n) is 9.65. The minimum Gasteiger partial charge on any atom is -0.457 e. The van der Waals surface area contributed by atoms with Crippen LogP contribution in [0.2, 0.25) is 0 Å². The van der Waals surface area contributed by atoms with Gasteiger partial charge < -0.3 is 9.73 Å². The standard InChI is InChI=1S/C14H12BrNO2/c1-2-7-16-14(17)6-4-12-9-10-8-11(15)3-5-13(10)18-12/h2-6,8-9H,1,7H2,(H,16,17)/b6-4+. The van der Waals surface area contributed by atoms with E-state index < -0.39 is 0 Å². The van der Waals surface area contributed by atoms with E-state index in [-0.39, 0.29) is 5.91 Å². The third kappa shape index (κ3) is 3.11. The Morgan fingerprint density at radius 3 is 3.06 bits per heavy atom. The second-order valence-corrected chi connectivity index (χ2v) is 4.61. The van der Waals surface area contributed by atoms with Gasteiger partial charge in [0.25, 0.3) is 0 Å². The van der Waals surface area contributed by atoms with E-state index in [1.807, 2.05) is 24.3 Å². The molecule has 0 unspecified atom stereocenters. The minimum absolute atomic E-state index is 0.170. The first kappa shape index (κ1) is 12.6. The van der Waals surface area contributed by atoms with Crippen molar-refractivity contribution in [3.05, 3.63) is 53.2 Å². The quantitative estimate of drug-likeness (QED) is 0.694. The summed E-state index contributed by atoms with van der Waals surface area (Å²) >= 11 is 3.40. The molecule has 0 spiro atoms. The Hall–Kier alpha value is -1.81. The first-order valence-electron chi connectivity index (χ1n) is 5.45. The molecule has 1 aromatic carbocycles. The van der Waals surface area contributed by atoms with Crippen LogP contribution in [0.3, 0.4) is 0 Å². The van der Waals surface area contributed by atoms with Crippen LogP contribution in [-0.4, -0.2) is 12.5 Å². The van der Waals surface area contributed by atoms with Crippen molar-refractivity contribution >= 4 is 38.9 Å². The second-order valence-electron chi connectivity index (χ2n) is 3.70. The molecule has 0 fully saturated rings. The molecule has 0 aliphatic heterocycles. The number of carbonyl (C=O) groups excluding carboxylic acids is 1. The van der Waals surface area contributed by atoms with Crippen molar-refractivity contribution in [2.45, 2.75) is 0 Å². The van der Waals surface area contributed by atoms with Gasteiger partial charge in [0.05, 0.1) is 0 Å². The van der Waals surface area contributed by atoms with Gasteiger partial charge in [0.1, 0.15) is 11.3 Å². The number of nitrogens with one attached hydrogen (secondary N) is 1. The van der Waals surface area contributed by atoms with E-state index in [0.717, 1.165) is 15.4 Å². The molecular formula is C14H12BrNO2. The largest absolute Gasteiger partial charge is 0.457 e. The minimum atomic E-state index is -0.170. The van der Waals surface area contributed by atoms with Gasteiger partial charge >= 0.3 is 0 Å². The van der Waals surface area contributed by atoms with Crippen molar-refractivity contribution in [3.63, 3.8) is 0 Å². The molecule has 0 saturated carbocycles. The van der Waals surface area contributed by atoms with E-state index in [2.05, 4.69) is 27.8 Å². The Labute approximate surface area is 113 Å². The zero-order chi connectivity index (χ0) is 13.0. The Morgan fingerprint density at radius 1 is 1.44 bits per heavy atom. The van der Waals surface area contributed by atoms with Crippen molar-refractivity contribution < 1.29 is 9.21 Å². The highest BCUT2D eigenvalue weighted by Gasteiger charge is 2.02. The number of carbonyl (C=O) groups is 1. The van der Waals surface area contributed by atoms with Crippen molar-refractivity contribution in [2.24, 2.45) is 0 Å². The molecule has 0 saturated heterocycles. The van der Waals surface area contributed by atoms with Crippen LogP contribution in [0, 0.1) is 0 Å². The number of benzene rings is 1.